The van der Waals surface area contributed by atoms with E-state index in [1.807, 2.05) is 17.5 Å². The van der Waals surface area contributed by atoms with Gasteiger partial charge in [0.15, 0.2) is 0 Å². The van der Waals surface area contributed by atoms with Gasteiger partial charge < -0.3 is 0 Å². The zero-order valence-electron chi connectivity index (χ0n) is 11.3. The van der Waals surface area contributed by atoms with Gasteiger partial charge in [-0.05, 0) is 35.7 Å². The van der Waals surface area contributed by atoms with Gasteiger partial charge in [0.25, 0.3) is 5.91 Å². The minimum atomic E-state index is -0.375. The molecule has 1 aromatic carbocycles. The Hall–Kier alpha value is -1.50. The van der Waals surface area contributed by atoms with Gasteiger partial charge in [-0.1, -0.05) is 17.7 Å². The maximum atomic E-state index is 12.8. The molecule has 2 aromatic rings. The number of halogens is 1. The van der Waals surface area contributed by atoms with E-state index in [9.17, 15) is 9.59 Å². The van der Waals surface area contributed by atoms with Crippen LogP contribution >= 0.6 is 34.7 Å². The normalized spacial score (nSPS) is 24.2. The first-order valence-electron chi connectivity index (χ1n) is 6.73. The van der Waals surface area contributed by atoms with Gasteiger partial charge in [-0.25, -0.2) is 9.69 Å². The Bertz CT molecular complexity index is 733. The number of carbonyl (C=O) groups excluding carboxylic acids is 2. The second-order valence-electron chi connectivity index (χ2n) is 5.06. The molecule has 2 aliphatic rings. The largest absolute Gasteiger partial charge is 0.333 e. The zero-order valence-corrected chi connectivity index (χ0v) is 13.7. The highest BCUT2D eigenvalue weighted by atomic mass is 35.5. The lowest BCUT2D eigenvalue weighted by atomic mass is 10.2. The highest BCUT2D eigenvalue weighted by molar-refractivity contribution is 7.99. The molecule has 4 rings (SSSR count). The van der Waals surface area contributed by atoms with Crippen molar-refractivity contribution < 1.29 is 9.59 Å². The number of benzene rings is 1. The molecule has 3 amide bonds. The summed E-state index contributed by atoms with van der Waals surface area (Å²) in [5.74, 6) is 0.482. The number of thiophene rings is 1. The topological polar surface area (TPSA) is 40.6 Å². The third kappa shape index (κ3) is 2.06. The van der Waals surface area contributed by atoms with Crippen LogP contribution in [0.5, 0.6) is 0 Å². The van der Waals surface area contributed by atoms with Crippen LogP contribution in [0.3, 0.4) is 0 Å². The van der Waals surface area contributed by atoms with Crippen LogP contribution in [0.15, 0.2) is 41.8 Å². The van der Waals surface area contributed by atoms with Crippen molar-refractivity contribution >= 4 is 52.3 Å². The zero-order chi connectivity index (χ0) is 15.3. The summed E-state index contributed by atoms with van der Waals surface area (Å²) in [6, 6.07) is 10.1. The lowest BCUT2D eigenvalue weighted by Crippen LogP contribution is -2.33. The predicted molar refractivity (Wildman–Crippen MR) is 89.5 cm³/mol. The Balaban J connectivity index is 1.69. The van der Waals surface area contributed by atoms with E-state index in [0.717, 1.165) is 4.88 Å². The number of rotatable bonds is 2. The minimum Gasteiger partial charge on any atom is -0.294 e. The number of imide groups is 1. The molecule has 2 saturated heterocycles. The van der Waals surface area contributed by atoms with E-state index in [1.54, 1.807) is 52.3 Å². The number of hydrogen-bond acceptors (Lipinski definition) is 4. The van der Waals surface area contributed by atoms with Crippen LogP contribution in [-0.2, 0) is 4.79 Å². The highest BCUT2D eigenvalue weighted by Gasteiger charge is 2.53. The molecule has 22 heavy (non-hydrogen) atoms. The van der Waals surface area contributed by atoms with Gasteiger partial charge in [0.05, 0.1) is 5.69 Å². The quantitative estimate of drug-likeness (QED) is 0.769. The van der Waals surface area contributed by atoms with E-state index in [4.69, 9.17) is 11.6 Å². The third-order valence-electron chi connectivity index (χ3n) is 3.79. The molecule has 4 nitrogen and oxygen atoms in total. The van der Waals surface area contributed by atoms with E-state index in [2.05, 4.69) is 0 Å². The van der Waals surface area contributed by atoms with Crippen molar-refractivity contribution in [2.24, 2.45) is 0 Å². The van der Waals surface area contributed by atoms with Gasteiger partial charge in [-0.3, -0.25) is 9.69 Å². The van der Waals surface area contributed by atoms with Crippen molar-refractivity contribution in [3.05, 3.63) is 51.7 Å². The van der Waals surface area contributed by atoms with E-state index in [-0.39, 0.29) is 23.4 Å². The molecule has 2 fully saturated rings. The lowest BCUT2D eigenvalue weighted by Gasteiger charge is -2.21. The van der Waals surface area contributed by atoms with Gasteiger partial charge in [0.1, 0.15) is 11.4 Å². The number of carbonyl (C=O) groups is 2. The molecule has 2 aliphatic heterocycles. The molecule has 112 valence electrons. The molecule has 0 saturated carbocycles. The Morgan fingerprint density at radius 2 is 1.91 bits per heavy atom. The Kier molecular flexibility index (Phi) is 3.40. The number of anilines is 1. The summed E-state index contributed by atoms with van der Waals surface area (Å²) in [6.07, 6.45) is 0. The number of amides is 3. The Morgan fingerprint density at radius 3 is 2.59 bits per heavy atom. The maximum absolute atomic E-state index is 12.8. The van der Waals surface area contributed by atoms with Crippen LogP contribution in [0.1, 0.15) is 10.3 Å². The lowest BCUT2D eigenvalue weighted by molar-refractivity contribution is -0.119. The van der Waals surface area contributed by atoms with E-state index < -0.39 is 0 Å². The molecule has 2 atom stereocenters. The summed E-state index contributed by atoms with van der Waals surface area (Å²) in [7, 11) is 0. The fourth-order valence-electron chi connectivity index (χ4n) is 2.77. The van der Waals surface area contributed by atoms with E-state index in [0.29, 0.717) is 16.5 Å². The molecule has 7 heteroatoms. The molecule has 1 unspecified atom stereocenters. The molecule has 0 N–H and O–H groups in total. The van der Waals surface area contributed by atoms with Gasteiger partial charge in [0, 0.05) is 15.7 Å². The van der Waals surface area contributed by atoms with Crippen molar-refractivity contribution in [3.63, 3.8) is 0 Å². The predicted octanol–water partition coefficient (Wildman–Crippen LogP) is 3.98. The van der Waals surface area contributed by atoms with Crippen molar-refractivity contribution in [1.82, 2.24) is 4.90 Å². The van der Waals surface area contributed by atoms with E-state index in [1.165, 1.54) is 4.90 Å². The number of nitrogens with zero attached hydrogens (tertiary/aromatic N) is 2. The van der Waals surface area contributed by atoms with Gasteiger partial charge >= 0.3 is 6.03 Å². The Morgan fingerprint density at radius 1 is 1.14 bits per heavy atom. The maximum Gasteiger partial charge on any atom is 0.333 e. The second kappa shape index (κ2) is 5.30. The fraction of sp³-hybridized carbons (Fsp3) is 0.200. The first-order valence-corrected chi connectivity index (χ1v) is 9.04. The van der Waals surface area contributed by atoms with Crippen molar-refractivity contribution in [3.8, 4) is 0 Å². The van der Waals surface area contributed by atoms with Crippen LogP contribution in [0.2, 0.25) is 5.02 Å². The molecule has 0 radical (unpaired) electrons. The second-order valence-corrected chi connectivity index (χ2v) is 7.59. The third-order valence-corrected chi connectivity index (χ3v) is 6.42. The summed E-state index contributed by atoms with van der Waals surface area (Å²) >= 11 is 9.13. The average Bonchev–Trinajstić information content (AvgIpc) is 3.21. The van der Waals surface area contributed by atoms with Gasteiger partial charge in [-0.15, -0.1) is 23.1 Å². The van der Waals surface area contributed by atoms with Crippen LogP contribution in [0.25, 0.3) is 0 Å². The van der Waals surface area contributed by atoms with Crippen LogP contribution in [0, 0.1) is 0 Å². The number of hydrogen-bond donors (Lipinski definition) is 0. The molecular weight excluding hydrogens is 340 g/mol. The number of fused-ring (bicyclic) bond motifs is 1. The fourth-order valence-corrected chi connectivity index (χ4v) is 5.27. The molecule has 0 spiro atoms. The SMILES string of the molecule is O=C1[C@@H]2CSC(c3cccs3)N2C(=O)N1c1ccc(Cl)cc1. The summed E-state index contributed by atoms with van der Waals surface area (Å²) < 4.78 is 0. The summed E-state index contributed by atoms with van der Waals surface area (Å²) in [4.78, 5) is 29.5. The number of thioether (sulfide) groups is 1. The Labute approximate surface area is 140 Å². The van der Waals surface area contributed by atoms with Crippen LogP contribution in [-0.4, -0.2) is 28.6 Å². The monoisotopic (exact) mass is 350 g/mol. The van der Waals surface area contributed by atoms with E-state index >= 15 is 0 Å². The molecule has 0 aliphatic carbocycles. The smallest absolute Gasteiger partial charge is 0.294 e. The summed E-state index contributed by atoms with van der Waals surface area (Å²) in [6.45, 7) is 0. The van der Waals surface area contributed by atoms with Crippen LogP contribution in [0.4, 0.5) is 10.5 Å². The standard InChI is InChI=1S/C15H11ClN2O2S2/c16-9-3-5-10(6-4-9)17-13(19)11-8-22-14(18(11)15(17)20)12-2-1-7-21-12/h1-7,11,14H,8H2/t11-,14?/m0/s1. The van der Waals surface area contributed by atoms with Gasteiger partial charge in [0.2, 0.25) is 0 Å². The summed E-state index contributed by atoms with van der Waals surface area (Å²) in [5.41, 5.74) is 0.573. The number of urea groups is 1. The first kappa shape index (κ1) is 14.1. The molecule has 1 aromatic heterocycles. The first-order chi connectivity index (χ1) is 10.7. The molecule has 3 heterocycles. The van der Waals surface area contributed by atoms with Crippen LogP contribution < -0.4 is 4.90 Å². The van der Waals surface area contributed by atoms with Crippen molar-refractivity contribution in [1.29, 1.82) is 0 Å². The van der Waals surface area contributed by atoms with Crippen molar-refractivity contribution in [2.45, 2.75) is 11.4 Å². The highest BCUT2D eigenvalue weighted by Crippen LogP contribution is 2.47. The minimum absolute atomic E-state index is 0.0706. The van der Waals surface area contributed by atoms with Gasteiger partial charge in [-0.2, -0.15) is 0 Å². The summed E-state index contributed by atoms with van der Waals surface area (Å²) in [5, 5.41) is 2.50. The molecule has 0 bridgehead atoms. The molecular formula is C15H11ClN2O2S2. The van der Waals surface area contributed by atoms with Crippen molar-refractivity contribution in [2.75, 3.05) is 10.7 Å². The average molecular weight is 351 g/mol.